The molecule has 2 N–H and O–H groups in total. The van der Waals surface area contributed by atoms with Gasteiger partial charge < -0.3 is 10.4 Å². The number of aliphatic hydroxyl groups excluding tert-OH is 1. The molecule has 0 radical (unpaired) electrons. The lowest BCUT2D eigenvalue weighted by atomic mass is 9.88. The lowest BCUT2D eigenvalue weighted by Gasteiger charge is -2.29. The van der Waals surface area contributed by atoms with Crippen LogP contribution in [-0.4, -0.2) is 24.3 Å². The van der Waals surface area contributed by atoms with E-state index in [0.29, 0.717) is 13.0 Å². The highest BCUT2D eigenvalue weighted by atomic mass is 19.4. The van der Waals surface area contributed by atoms with Crippen LogP contribution in [0.1, 0.15) is 17.5 Å². The van der Waals surface area contributed by atoms with Crippen molar-refractivity contribution in [1.29, 1.82) is 0 Å². The average molecular weight is 259 g/mol. The van der Waals surface area contributed by atoms with Crippen LogP contribution in [0, 0.1) is 5.92 Å². The first-order valence-corrected chi connectivity index (χ1v) is 6.02. The number of rotatable bonds is 2. The molecule has 2 rings (SSSR count). The van der Waals surface area contributed by atoms with Crippen molar-refractivity contribution in [3.8, 4) is 0 Å². The quantitative estimate of drug-likeness (QED) is 0.853. The number of alkyl halides is 3. The summed E-state index contributed by atoms with van der Waals surface area (Å²) in [6.07, 6.45) is -4.00. The number of piperidine rings is 1. The normalized spacial score (nSPS) is 25.1. The van der Waals surface area contributed by atoms with Crippen LogP contribution in [0.2, 0.25) is 0 Å². The van der Waals surface area contributed by atoms with Gasteiger partial charge in [-0.2, -0.15) is 13.2 Å². The second-order valence-electron chi connectivity index (χ2n) is 4.68. The maximum Gasteiger partial charge on any atom is 0.416 e. The van der Waals surface area contributed by atoms with Crippen molar-refractivity contribution in [2.75, 3.05) is 13.1 Å². The Balaban J connectivity index is 2.18. The molecule has 0 aromatic heterocycles. The number of benzene rings is 1. The summed E-state index contributed by atoms with van der Waals surface area (Å²) in [6, 6.07) is 5.58. The van der Waals surface area contributed by atoms with Crippen molar-refractivity contribution in [1.82, 2.24) is 5.32 Å². The Labute approximate surface area is 104 Å². The van der Waals surface area contributed by atoms with E-state index in [-0.39, 0.29) is 17.9 Å². The van der Waals surface area contributed by atoms with Gasteiger partial charge in [0.15, 0.2) is 0 Å². The fourth-order valence-corrected chi connectivity index (χ4v) is 2.37. The Morgan fingerprint density at radius 3 is 2.67 bits per heavy atom. The van der Waals surface area contributed by atoms with Gasteiger partial charge in [0.05, 0.1) is 11.7 Å². The Morgan fingerprint density at radius 2 is 2.00 bits per heavy atom. The summed E-state index contributed by atoms with van der Waals surface area (Å²) in [7, 11) is 0. The zero-order valence-electron chi connectivity index (χ0n) is 9.87. The van der Waals surface area contributed by atoms with Crippen LogP contribution in [-0.2, 0) is 12.6 Å². The molecule has 0 spiro atoms. The molecule has 1 saturated heterocycles. The molecule has 0 bridgehead atoms. The molecule has 18 heavy (non-hydrogen) atoms. The molecule has 1 aromatic carbocycles. The largest absolute Gasteiger partial charge is 0.416 e. The number of halogens is 3. The van der Waals surface area contributed by atoms with Crippen LogP contribution in [0.25, 0.3) is 0 Å². The number of hydrogen-bond donors (Lipinski definition) is 2. The van der Waals surface area contributed by atoms with Gasteiger partial charge in [-0.1, -0.05) is 18.2 Å². The minimum atomic E-state index is -4.33. The third-order valence-electron chi connectivity index (χ3n) is 3.37. The molecule has 1 aliphatic rings. The predicted molar refractivity (Wildman–Crippen MR) is 62.1 cm³/mol. The van der Waals surface area contributed by atoms with E-state index in [1.54, 1.807) is 6.07 Å². The summed E-state index contributed by atoms with van der Waals surface area (Å²) in [6.45, 7) is 1.28. The van der Waals surface area contributed by atoms with Gasteiger partial charge in [-0.3, -0.25) is 0 Å². The van der Waals surface area contributed by atoms with Crippen molar-refractivity contribution in [3.05, 3.63) is 35.4 Å². The van der Waals surface area contributed by atoms with Gasteiger partial charge in [-0.15, -0.1) is 0 Å². The van der Waals surface area contributed by atoms with Crippen LogP contribution in [0.5, 0.6) is 0 Å². The summed E-state index contributed by atoms with van der Waals surface area (Å²) in [5, 5.41) is 12.9. The topological polar surface area (TPSA) is 32.3 Å². The highest BCUT2D eigenvalue weighted by Gasteiger charge is 2.34. The molecule has 1 heterocycles. The van der Waals surface area contributed by atoms with Crippen LogP contribution >= 0.6 is 0 Å². The van der Waals surface area contributed by atoms with E-state index in [1.165, 1.54) is 12.1 Å². The standard InChI is InChI=1S/C13H16F3NO/c14-13(15,16)11-4-2-1-3-9(11)7-10-8-17-6-5-12(10)18/h1-4,10,12,17-18H,5-8H2. The first-order valence-electron chi connectivity index (χ1n) is 6.02. The molecular weight excluding hydrogens is 243 g/mol. The van der Waals surface area contributed by atoms with Crippen LogP contribution in [0.4, 0.5) is 13.2 Å². The third-order valence-corrected chi connectivity index (χ3v) is 3.37. The molecule has 1 aliphatic heterocycles. The minimum absolute atomic E-state index is 0.151. The summed E-state index contributed by atoms with van der Waals surface area (Å²) >= 11 is 0. The van der Waals surface area contributed by atoms with Gasteiger partial charge in [-0.25, -0.2) is 0 Å². The molecule has 100 valence electrons. The number of hydrogen-bond acceptors (Lipinski definition) is 2. The first-order chi connectivity index (χ1) is 8.48. The smallest absolute Gasteiger partial charge is 0.393 e. The van der Waals surface area contributed by atoms with Gasteiger partial charge in [0.2, 0.25) is 0 Å². The van der Waals surface area contributed by atoms with Gasteiger partial charge in [0.25, 0.3) is 0 Å². The highest BCUT2D eigenvalue weighted by Crippen LogP contribution is 2.33. The average Bonchev–Trinajstić information content (AvgIpc) is 2.31. The molecule has 0 amide bonds. The van der Waals surface area contributed by atoms with Crippen molar-refractivity contribution < 1.29 is 18.3 Å². The number of nitrogens with one attached hydrogen (secondary N) is 1. The Hall–Kier alpha value is -1.07. The third kappa shape index (κ3) is 3.03. The van der Waals surface area contributed by atoms with E-state index < -0.39 is 17.8 Å². The first kappa shape index (κ1) is 13.4. The van der Waals surface area contributed by atoms with Crippen molar-refractivity contribution in [2.24, 2.45) is 5.92 Å². The predicted octanol–water partition coefficient (Wildman–Crippen LogP) is 2.22. The fraction of sp³-hybridized carbons (Fsp3) is 0.538. The van der Waals surface area contributed by atoms with E-state index >= 15 is 0 Å². The minimum Gasteiger partial charge on any atom is -0.393 e. The van der Waals surface area contributed by atoms with E-state index in [0.717, 1.165) is 12.6 Å². The number of aliphatic hydroxyl groups is 1. The zero-order chi connectivity index (χ0) is 13.2. The van der Waals surface area contributed by atoms with Gasteiger partial charge in [0, 0.05) is 12.5 Å². The molecule has 1 aromatic rings. The van der Waals surface area contributed by atoms with Crippen LogP contribution < -0.4 is 5.32 Å². The van der Waals surface area contributed by atoms with Crippen molar-refractivity contribution in [3.63, 3.8) is 0 Å². The molecule has 2 unspecified atom stereocenters. The molecule has 2 nitrogen and oxygen atoms in total. The SMILES string of the molecule is OC1CCNCC1Cc1ccccc1C(F)(F)F. The molecule has 0 aliphatic carbocycles. The lowest BCUT2D eigenvalue weighted by molar-refractivity contribution is -0.138. The zero-order valence-corrected chi connectivity index (χ0v) is 9.87. The summed E-state index contributed by atoms with van der Waals surface area (Å²) < 4.78 is 38.5. The Morgan fingerprint density at radius 1 is 1.28 bits per heavy atom. The summed E-state index contributed by atoms with van der Waals surface area (Å²) in [5.41, 5.74) is -0.333. The van der Waals surface area contributed by atoms with E-state index in [4.69, 9.17) is 0 Å². The fourth-order valence-electron chi connectivity index (χ4n) is 2.37. The van der Waals surface area contributed by atoms with Crippen molar-refractivity contribution >= 4 is 0 Å². The van der Waals surface area contributed by atoms with E-state index in [9.17, 15) is 18.3 Å². The van der Waals surface area contributed by atoms with E-state index in [1.807, 2.05) is 0 Å². The maximum absolute atomic E-state index is 12.8. The van der Waals surface area contributed by atoms with Gasteiger partial charge >= 0.3 is 6.18 Å². The molecular formula is C13H16F3NO. The lowest BCUT2D eigenvalue weighted by Crippen LogP contribution is -2.41. The van der Waals surface area contributed by atoms with Crippen LogP contribution in [0.3, 0.4) is 0 Å². The molecule has 5 heteroatoms. The summed E-state index contributed by atoms with van der Waals surface area (Å²) in [4.78, 5) is 0. The molecule has 2 atom stereocenters. The summed E-state index contributed by atoms with van der Waals surface area (Å²) in [5.74, 6) is -0.151. The van der Waals surface area contributed by atoms with Crippen molar-refractivity contribution in [2.45, 2.75) is 25.1 Å². The second kappa shape index (κ2) is 5.28. The Kier molecular flexibility index (Phi) is 3.92. The van der Waals surface area contributed by atoms with Crippen LogP contribution in [0.15, 0.2) is 24.3 Å². The molecule has 1 fully saturated rings. The second-order valence-corrected chi connectivity index (χ2v) is 4.68. The van der Waals surface area contributed by atoms with E-state index in [2.05, 4.69) is 5.32 Å². The highest BCUT2D eigenvalue weighted by molar-refractivity contribution is 5.30. The monoisotopic (exact) mass is 259 g/mol. The van der Waals surface area contributed by atoms with Gasteiger partial charge in [-0.05, 0) is 31.0 Å². The molecule has 0 saturated carbocycles. The Bertz CT molecular complexity index is 405. The van der Waals surface area contributed by atoms with Gasteiger partial charge in [0.1, 0.15) is 0 Å². The maximum atomic E-state index is 12.8.